The Balaban J connectivity index is 1.97. The molecule has 25 heavy (non-hydrogen) atoms. The minimum Gasteiger partial charge on any atom is -0.489 e. The fourth-order valence-electron chi connectivity index (χ4n) is 3.61. The molecule has 0 atom stereocenters. The summed E-state index contributed by atoms with van der Waals surface area (Å²) in [5.74, 6) is 0.927. The van der Waals surface area contributed by atoms with Gasteiger partial charge in [0.25, 0.3) is 0 Å². The maximum Gasteiger partial charge on any atom is 0.128 e. The van der Waals surface area contributed by atoms with Gasteiger partial charge in [0.1, 0.15) is 12.4 Å². The smallest absolute Gasteiger partial charge is 0.128 e. The zero-order valence-corrected chi connectivity index (χ0v) is 14.5. The molecule has 5 rings (SSSR count). The normalized spacial score (nSPS) is 11.5. The van der Waals surface area contributed by atoms with Crippen LogP contribution in [0.4, 0.5) is 0 Å². The van der Waals surface area contributed by atoms with Crippen molar-refractivity contribution in [2.24, 2.45) is 0 Å². The average Bonchev–Trinajstić information content (AvgIpc) is 3.05. The molecule has 0 amide bonds. The van der Waals surface area contributed by atoms with E-state index in [1.807, 2.05) is 11.3 Å². The molecule has 0 aliphatic carbocycles. The van der Waals surface area contributed by atoms with E-state index in [0.717, 1.165) is 5.75 Å². The Kier molecular flexibility index (Phi) is 3.25. The standard InChI is InChI=1S/C23H16OS/c1-2-14-24-19-9-5-7-16-11-13-20-22(21(16)19)18-12-10-15-6-3-4-8-17(15)23(18)25-20/h2-13H,1,14H2. The third-order valence-corrected chi connectivity index (χ3v) is 5.89. The monoisotopic (exact) mass is 340 g/mol. The van der Waals surface area contributed by atoms with Gasteiger partial charge in [0.2, 0.25) is 0 Å². The summed E-state index contributed by atoms with van der Waals surface area (Å²) in [6.45, 7) is 4.28. The molecule has 0 saturated heterocycles. The molecule has 0 radical (unpaired) electrons. The van der Waals surface area contributed by atoms with Gasteiger partial charge in [-0.05, 0) is 28.3 Å². The lowest BCUT2D eigenvalue weighted by molar-refractivity contribution is 0.368. The first-order valence-electron chi connectivity index (χ1n) is 8.36. The van der Waals surface area contributed by atoms with Crippen LogP contribution in [-0.2, 0) is 0 Å². The summed E-state index contributed by atoms with van der Waals surface area (Å²) >= 11 is 1.86. The quantitative estimate of drug-likeness (QED) is 0.324. The molecule has 0 bridgehead atoms. The average molecular weight is 340 g/mol. The molecule has 0 unspecified atom stereocenters. The van der Waals surface area contributed by atoms with Crippen LogP contribution in [0.1, 0.15) is 0 Å². The molecule has 5 aromatic rings. The van der Waals surface area contributed by atoms with E-state index in [1.54, 1.807) is 6.08 Å². The summed E-state index contributed by atoms with van der Waals surface area (Å²) in [4.78, 5) is 0. The van der Waals surface area contributed by atoms with E-state index in [1.165, 1.54) is 41.7 Å². The fourth-order valence-corrected chi connectivity index (χ4v) is 4.85. The number of hydrogen-bond acceptors (Lipinski definition) is 2. The van der Waals surface area contributed by atoms with Crippen LogP contribution in [0.3, 0.4) is 0 Å². The molecule has 2 heteroatoms. The molecule has 0 aliphatic heterocycles. The van der Waals surface area contributed by atoms with Crippen molar-refractivity contribution < 1.29 is 4.74 Å². The van der Waals surface area contributed by atoms with Crippen LogP contribution in [0.15, 0.2) is 79.4 Å². The Morgan fingerprint density at radius 1 is 0.800 bits per heavy atom. The fraction of sp³-hybridized carbons (Fsp3) is 0.0435. The minimum absolute atomic E-state index is 0.514. The molecule has 1 aromatic heterocycles. The molecule has 0 saturated carbocycles. The largest absolute Gasteiger partial charge is 0.489 e. The van der Waals surface area contributed by atoms with Crippen molar-refractivity contribution in [3.63, 3.8) is 0 Å². The predicted molar refractivity (Wildman–Crippen MR) is 110 cm³/mol. The van der Waals surface area contributed by atoms with Crippen LogP contribution >= 0.6 is 11.3 Å². The highest BCUT2D eigenvalue weighted by Gasteiger charge is 2.14. The Labute approximate surface area is 149 Å². The molecule has 0 fully saturated rings. The van der Waals surface area contributed by atoms with E-state index in [-0.39, 0.29) is 0 Å². The zero-order chi connectivity index (χ0) is 16.8. The summed E-state index contributed by atoms with van der Waals surface area (Å²) in [6.07, 6.45) is 1.79. The van der Waals surface area contributed by atoms with Crippen LogP contribution < -0.4 is 4.74 Å². The summed E-state index contributed by atoms with van der Waals surface area (Å²) < 4.78 is 8.61. The first-order valence-corrected chi connectivity index (χ1v) is 9.18. The van der Waals surface area contributed by atoms with Gasteiger partial charge in [0.15, 0.2) is 0 Å². The zero-order valence-electron chi connectivity index (χ0n) is 13.7. The number of thiophene rings is 1. The number of hydrogen-bond donors (Lipinski definition) is 0. The van der Waals surface area contributed by atoms with E-state index >= 15 is 0 Å². The SMILES string of the molecule is C=CCOc1cccc2ccc3sc4c5ccccc5ccc4c3c12. The van der Waals surface area contributed by atoms with Crippen molar-refractivity contribution in [2.75, 3.05) is 6.61 Å². The number of ether oxygens (including phenoxy) is 1. The van der Waals surface area contributed by atoms with Gasteiger partial charge in [-0.1, -0.05) is 67.3 Å². The third-order valence-electron chi connectivity index (χ3n) is 4.69. The number of benzene rings is 4. The highest BCUT2D eigenvalue weighted by Crippen LogP contribution is 2.44. The van der Waals surface area contributed by atoms with Crippen molar-refractivity contribution in [2.45, 2.75) is 0 Å². The lowest BCUT2D eigenvalue weighted by atomic mass is 10.0. The van der Waals surface area contributed by atoms with Crippen molar-refractivity contribution in [1.29, 1.82) is 0 Å². The van der Waals surface area contributed by atoms with Gasteiger partial charge in [0, 0.05) is 25.6 Å². The van der Waals surface area contributed by atoms with Gasteiger partial charge < -0.3 is 4.74 Å². The molecular formula is C23H16OS. The van der Waals surface area contributed by atoms with Gasteiger partial charge in [-0.2, -0.15) is 0 Å². The van der Waals surface area contributed by atoms with E-state index in [4.69, 9.17) is 4.74 Å². The lowest BCUT2D eigenvalue weighted by Crippen LogP contribution is -1.93. The molecule has 0 spiro atoms. The molecule has 120 valence electrons. The van der Waals surface area contributed by atoms with Crippen LogP contribution in [0.5, 0.6) is 5.75 Å². The van der Waals surface area contributed by atoms with Crippen molar-refractivity contribution >= 4 is 53.1 Å². The van der Waals surface area contributed by atoms with Gasteiger partial charge in [0.05, 0.1) is 0 Å². The highest BCUT2D eigenvalue weighted by molar-refractivity contribution is 7.26. The first-order chi connectivity index (χ1) is 12.4. The van der Waals surface area contributed by atoms with E-state index in [2.05, 4.69) is 73.3 Å². The highest BCUT2D eigenvalue weighted by atomic mass is 32.1. The summed E-state index contributed by atoms with van der Waals surface area (Å²) in [5, 5.41) is 7.61. The Morgan fingerprint density at radius 2 is 1.64 bits per heavy atom. The number of fused-ring (bicyclic) bond motifs is 7. The van der Waals surface area contributed by atoms with E-state index in [0.29, 0.717) is 6.61 Å². The van der Waals surface area contributed by atoms with Gasteiger partial charge in [-0.25, -0.2) is 0 Å². The second kappa shape index (κ2) is 5.61. The summed E-state index contributed by atoms with van der Waals surface area (Å²) in [5.41, 5.74) is 0. The molecule has 0 N–H and O–H groups in total. The van der Waals surface area contributed by atoms with Gasteiger partial charge >= 0.3 is 0 Å². The predicted octanol–water partition coefficient (Wildman–Crippen LogP) is 6.93. The minimum atomic E-state index is 0.514. The van der Waals surface area contributed by atoms with Crippen LogP contribution in [-0.4, -0.2) is 6.61 Å². The van der Waals surface area contributed by atoms with Crippen molar-refractivity contribution in [3.05, 3.63) is 79.4 Å². The molecular weight excluding hydrogens is 324 g/mol. The van der Waals surface area contributed by atoms with E-state index < -0.39 is 0 Å². The molecule has 1 nitrogen and oxygen atoms in total. The maximum absolute atomic E-state index is 5.97. The molecule has 0 aliphatic rings. The summed E-state index contributed by atoms with van der Waals surface area (Å²) in [7, 11) is 0. The topological polar surface area (TPSA) is 9.23 Å². The molecule has 1 heterocycles. The van der Waals surface area contributed by atoms with Crippen LogP contribution in [0.25, 0.3) is 41.7 Å². The first kappa shape index (κ1) is 14.5. The van der Waals surface area contributed by atoms with Crippen LogP contribution in [0, 0.1) is 0 Å². The summed E-state index contributed by atoms with van der Waals surface area (Å²) in [6, 6.07) is 23.7. The van der Waals surface area contributed by atoms with Gasteiger partial charge in [-0.15, -0.1) is 11.3 Å². The Morgan fingerprint density at radius 3 is 2.56 bits per heavy atom. The Bertz CT molecular complexity index is 1260. The van der Waals surface area contributed by atoms with Gasteiger partial charge in [-0.3, -0.25) is 0 Å². The second-order valence-electron chi connectivity index (χ2n) is 6.16. The van der Waals surface area contributed by atoms with Crippen molar-refractivity contribution in [1.82, 2.24) is 0 Å². The van der Waals surface area contributed by atoms with Crippen LogP contribution in [0.2, 0.25) is 0 Å². The third kappa shape index (κ3) is 2.15. The lowest BCUT2D eigenvalue weighted by Gasteiger charge is -2.09. The number of rotatable bonds is 3. The van der Waals surface area contributed by atoms with E-state index in [9.17, 15) is 0 Å². The molecule has 4 aromatic carbocycles. The second-order valence-corrected chi connectivity index (χ2v) is 7.21. The van der Waals surface area contributed by atoms with Crippen molar-refractivity contribution in [3.8, 4) is 5.75 Å². The maximum atomic E-state index is 5.97. The Hall–Kier alpha value is -2.84.